The third-order valence-electron chi connectivity index (χ3n) is 3.87. The second kappa shape index (κ2) is 8.91. The maximum absolute atomic E-state index is 13.1. The largest absolute Gasteiger partial charge is 0.497 e. The van der Waals surface area contributed by atoms with Gasteiger partial charge in [0.25, 0.3) is 5.91 Å². The molecule has 0 saturated carbocycles. The van der Waals surface area contributed by atoms with Gasteiger partial charge in [-0.25, -0.2) is 13.8 Å². The summed E-state index contributed by atoms with van der Waals surface area (Å²) < 4.78 is 31.4. The van der Waals surface area contributed by atoms with E-state index in [2.05, 4.69) is 25.8 Å². The molecule has 10 heteroatoms. The SMILES string of the molecule is COc1ccc(-c2n[nH]c(CNC(=O)CNC(=O)c3cc(F)cc(F)c3)n2)cc1. The van der Waals surface area contributed by atoms with E-state index in [0.29, 0.717) is 23.5 Å². The molecule has 3 N–H and O–H groups in total. The summed E-state index contributed by atoms with van der Waals surface area (Å²) in [6, 6.07) is 9.57. The van der Waals surface area contributed by atoms with E-state index in [1.165, 1.54) is 0 Å². The van der Waals surface area contributed by atoms with E-state index in [1.807, 2.05) is 0 Å². The van der Waals surface area contributed by atoms with Crippen LogP contribution in [-0.4, -0.2) is 40.7 Å². The van der Waals surface area contributed by atoms with Crippen LogP contribution in [0.25, 0.3) is 11.4 Å². The molecular weight excluding hydrogens is 384 g/mol. The number of nitrogens with zero attached hydrogens (tertiary/aromatic N) is 2. The monoisotopic (exact) mass is 401 g/mol. The summed E-state index contributed by atoms with van der Waals surface area (Å²) in [7, 11) is 1.57. The second-order valence-electron chi connectivity index (χ2n) is 5.95. The van der Waals surface area contributed by atoms with Gasteiger partial charge in [-0.3, -0.25) is 14.7 Å². The highest BCUT2D eigenvalue weighted by Crippen LogP contribution is 2.18. The summed E-state index contributed by atoms with van der Waals surface area (Å²) in [5.41, 5.74) is 0.559. The number of nitrogens with one attached hydrogen (secondary N) is 3. The third kappa shape index (κ3) is 5.34. The number of methoxy groups -OCH3 is 1. The topological polar surface area (TPSA) is 109 Å². The number of aromatic nitrogens is 3. The maximum atomic E-state index is 13.1. The van der Waals surface area contributed by atoms with E-state index in [1.54, 1.807) is 31.4 Å². The molecule has 0 aliphatic rings. The zero-order valence-electron chi connectivity index (χ0n) is 15.3. The van der Waals surface area contributed by atoms with Gasteiger partial charge in [0.1, 0.15) is 23.2 Å². The first-order chi connectivity index (χ1) is 13.9. The van der Waals surface area contributed by atoms with Gasteiger partial charge in [0, 0.05) is 17.2 Å². The van der Waals surface area contributed by atoms with Crippen LogP contribution in [0.1, 0.15) is 16.2 Å². The van der Waals surface area contributed by atoms with Crippen molar-refractivity contribution in [1.29, 1.82) is 0 Å². The minimum atomic E-state index is -0.877. The van der Waals surface area contributed by atoms with Crippen molar-refractivity contribution in [2.75, 3.05) is 13.7 Å². The number of carbonyl (C=O) groups excluding carboxylic acids is 2. The highest BCUT2D eigenvalue weighted by molar-refractivity contribution is 5.96. The molecule has 150 valence electrons. The number of hydrogen-bond acceptors (Lipinski definition) is 5. The van der Waals surface area contributed by atoms with Crippen LogP contribution in [0, 0.1) is 11.6 Å². The minimum Gasteiger partial charge on any atom is -0.497 e. The van der Waals surface area contributed by atoms with Crippen LogP contribution in [0.4, 0.5) is 8.78 Å². The number of benzene rings is 2. The Bertz CT molecular complexity index is 1000. The molecule has 0 atom stereocenters. The van der Waals surface area contributed by atoms with Crippen molar-refractivity contribution in [3.63, 3.8) is 0 Å². The van der Waals surface area contributed by atoms with Gasteiger partial charge in [-0.15, -0.1) is 0 Å². The molecule has 2 amide bonds. The van der Waals surface area contributed by atoms with Gasteiger partial charge in [0.05, 0.1) is 20.2 Å². The zero-order valence-corrected chi connectivity index (χ0v) is 15.3. The van der Waals surface area contributed by atoms with E-state index >= 15 is 0 Å². The van der Waals surface area contributed by atoms with E-state index in [-0.39, 0.29) is 18.7 Å². The Balaban J connectivity index is 1.49. The summed E-state index contributed by atoms with van der Waals surface area (Å²) in [6.45, 7) is -0.303. The van der Waals surface area contributed by atoms with Crippen LogP contribution in [0.5, 0.6) is 5.75 Å². The van der Waals surface area contributed by atoms with Crippen molar-refractivity contribution in [2.45, 2.75) is 6.54 Å². The predicted molar refractivity (Wildman–Crippen MR) is 98.9 cm³/mol. The Kier molecular flexibility index (Phi) is 6.12. The van der Waals surface area contributed by atoms with Gasteiger partial charge in [0.15, 0.2) is 5.82 Å². The van der Waals surface area contributed by atoms with Gasteiger partial charge in [-0.2, -0.15) is 5.10 Å². The number of H-pyrrole nitrogens is 1. The number of ether oxygens (including phenoxy) is 1. The summed E-state index contributed by atoms with van der Waals surface area (Å²) in [4.78, 5) is 28.0. The summed E-state index contributed by atoms with van der Waals surface area (Å²) in [5, 5.41) is 11.6. The summed E-state index contributed by atoms with van der Waals surface area (Å²) in [5.74, 6) is -1.44. The van der Waals surface area contributed by atoms with Crippen LogP contribution in [-0.2, 0) is 11.3 Å². The highest BCUT2D eigenvalue weighted by atomic mass is 19.1. The first-order valence-electron chi connectivity index (χ1n) is 8.51. The van der Waals surface area contributed by atoms with Gasteiger partial charge in [0.2, 0.25) is 5.91 Å². The lowest BCUT2D eigenvalue weighted by Gasteiger charge is -2.06. The van der Waals surface area contributed by atoms with Crippen molar-refractivity contribution in [1.82, 2.24) is 25.8 Å². The Labute approximate surface area is 164 Å². The van der Waals surface area contributed by atoms with E-state index < -0.39 is 23.4 Å². The number of halogens is 2. The molecule has 1 aromatic heterocycles. The summed E-state index contributed by atoms with van der Waals surface area (Å²) in [6.07, 6.45) is 0. The second-order valence-corrected chi connectivity index (χ2v) is 5.95. The van der Waals surface area contributed by atoms with Crippen LogP contribution in [0.3, 0.4) is 0 Å². The molecule has 8 nitrogen and oxygen atoms in total. The molecule has 0 unspecified atom stereocenters. The molecule has 1 heterocycles. The molecule has 3 aromatic rings. The average Bonchev–Trinajstić information content (AvgIpc) is 3.19. The molecule has 0 bridgehead atoms. The number of hydrogen-bond donors (Lipinski definition) is 3. The van der Waals surface area contributed by atoms with Crippen LogP contribution in [0.2, 0.25) is 0 Å². The molecule has 2 aromatic carbocycles. The fraction of sp³-hybridized carbons (Fsp3) is 0.158. The van der Waals surface area contributed by atoms with E-state index in [0.717, 1.165) is 17.7 Å². The quantitative estimate of drug-likeness (QED) is 0.559. The molecule has 0 fully saturated rings. The fourth-order valence-electron chi connectivity index (χ4n) is 2.44. The van der Waals surface area contributed by atoms with Crippen LogP contribution >= 0.6 is 0 Å². The first kappa shape index (κ1) is 19.9. The minimum absolute atomic E-state index is 0.0620. The molecule has 0 saturated heterocycles. The normalized spacial score (nSPS) is 10.4. The Morgan fingerprint density at radius 1 is 1.07 bits per heavy atom. The third-order valence-corrected chi connectivity index (χ3v) is 3.87. The summed E-state index contributed by atoms with van der Waals surface area (Å²) >= 11 is 0. The van der Waals surface area contributed by atoms with Crippen molar-refractivity contribution >= 4 is 11.8 Å². The Morgan fingerprint density at radius 3 is 2.41 bits per heavy atom. The number of amides is 2. The predicted octanol–water partition coefficient (Wildman–Crippen LogP) is 1.80. The Hall–Kier alpha value is -3.82. The molecule has 3 rings (SSSR count). The molecule has 0 spiro atoms. The first-order valence-corrected chi connectivity index (χ1v) is 8.51. The lowest BCUT2D eigenvalue weighted by atomic mass is 10.2. The number of aromatic amines is 1. The molecule has 0 aliphatic carbocycles. The van der Waals surface area contributed by atoms with E-state index in [4.69, 9.17) is 4.74 Å². The van der Waals surface area contributed by atoms with Crippen molar-refractivity contribution in [3.8, 4) is 17.1 Å². The van der Waals surface area contributed by atoms with Gasteiger partial charge < -0.3 is 15.4 Å². The lowest BCUT2D eigenvalue weighted by molar-refractivity contribution is -0.120. The van der Waals surface area contributed by atoms with Crippen LogP contribution in [0.15, 0.2) is 42.5 Å². The molecule has 29 heavy (non-hydrogen) atoms. The standard InChI is InChI=1S/C19H17F2N5O3/c1-29-15-4-2-11(3-5-15)18-24-16(25-26-18)9-22-17(27)10-23-19(28)12-6-13(20)8-14(21)7-12/h2-8H,9-10H2,1H3,(H,22,27)(H,23,28)(H,24,25,26). The van der Waals surface area contributed by atoms with E-state index in [9.17, 15) is 18.4 Å². The smallest absolute Gasteiger partial charge is 0.251 e. The zero-order chi connectivity index (χ0) is 20.8. The average molecular weight is 401 g/mol. The van der Waals surface area contributed by atoms with Crippen molar-refractivity contribution < 1.29 is 23.1 Å². The highest BCUT2D eigenvalue weighted by Gasteiger charge is 2.12. The van der Waals surface area contributed by atoms with Crippen molar-refractivity contribution in [2.24, 2.45) is 0 Å². The fourth-order valence-corrected chi connectivity index (χ4v) is 2.44. The number of rotatable bonds is 7. The van der Waals surface area contributed by atoms with Gasteiger partial charge in [-0.05, 0) is 36.4 Å². The molecule has 0 radical (unpaired) electrons. The number of carbonyl (C=O) groups is 2. The lowest BCUT2D eigenvalue weighted by Crippen LogP contribution is -2.36. The van der Waals surface area contributed by atoms with Crippen LogP contribution < -0.4 is 15.4 Å². The molecular formula is C19H17F2N5O3. The Morgan fingerprint density at radius 2 is 1.76 bits per heavy atom. The maximum Gasteiger partial charge on any atom is 0.251 e. The molecule has 0 aliphatic heterocycles. The van der Waals surface area contributed by atoms with Gasteiger partial charge >= 0.3 is 0 Å². The van der Waals surface area contributed by atoms with Crippen molar-refractivity contribution in [3.05, 3.63) is 65.5 Å². The van der Waals surface area contributed by atoms with Gasteiger partial charge in [-0.1, -0.05) is 0 Å².